The predicted octanol–water partition coefficient (Wildman–Crippen LogP) is 6.28. The molecule has 0 amide bonds. The molecule has 10 heteroatoms. The Morgan fingerprint density at radius 2 is 2.00 bits per heavy atom. The van der Waals surface area contributed by atoms with Crippen LogP contribution in [0.2, 0.25) is 5.02 Å². The lowest BCUT2D eigenvalue weighted by atomic mass is 9.96. The van der Waals surface area contributed by atoms with Gasteiger partial charge in [0.05, 0.1) is 46.8 Å². The molecule has 0 aliphatic carbocycles. The van der Waals surface area contributed by atoms with E-state index in [1.165, 1.54) is 18.3 Å². The van der Waals surface area contributed by atoms with Crippen LogP contribution in [0.5, 0.6) is 0 Å². The van der Waals surface area contributed by atoms with Crippen molar-refractivity contribution in [3.63, 3.8) is 0 Å². The van der Waals surface area contributed by atoms with Gasteiger partial charge in [0.2, 0.25) is 0 Å². The van der Waals surface area contributed by atoms with Gasteiger partial charge in [-0.05, 0) is 47.4 Å². The lowest BCUT2D eigenvalue weighted by molar-refractivity contribution is 0.443. The molecule has 8 nitrogen and oxygen atoms in total. The van der Waals surface area contributed by atoms with Gasteiger partial charge in [0.25, 0.3) is 0 Å². The zero-order valence-corrected chi connectivity index (χ0v) is 22.4. The number of fused-ring (bicyclic) bond motifs is 1. The van der Waals surface area contributed by atoms with Crippen molar-refractivity contribution in [2.24, 2.45) is 5.41 Å². The standard InChI is InChI=1S/C29H28ClFN8/c1-29(2,3)17-35-26-19(13-32)14-34-28-23(26)11-21(12-24(28)30)36-27(18-6-8-20(31)9-7-18)25-16-39(38-37-25)22-5-4-10-33-15-22/h4-12,14-16,27,36-38H,17H2,1-3H3,(H,34,35)/t27-/m1/s1/i27D. The smallest absolute Gasteiger partial charge is 0.123 e. The Labute approximate surface area is 232 Å². The minimum atomic E-state index is -1.60. The van der Waals surface area contributed by atoms with Crippen LogP contribution >= 0.6 is 11.6 Å². The van der Waals surface area contributed by atoms with Crippen molar-refractivity contribution in [1.82, 2.24) is 20.9 Å². The summed E-state index contributed by atoms with van der Waals surface area (Å²) in [6.45, 7) is 6.90. The third kappa shape index (κ3) is 5.87. The van der Waals surface area contributed by atoms with Crippen LogP contribution in [-0.4, -0.2) is 16.5 Å². The maximum atomic E-state index is 13.9. The minimum absolute atomic E-state index is 0.0470. The predicted molar refractivity (Wildman–Crippen MR) is 153 cm³/mol. The van der Waals surface area contributed by atoms with E-state index in [2.05, 4.69) is 58.4 Å². The fourth-order valence-electron chi connectivity index (χ4n) is 4.09. The molecule has 4 aromatic rings. The van der Waals surface area contributed by atoms with Crippen LogP contribution in [-0.2, 0) is 0 Å². The molecule has 39 heavy (non-hydrogen) atoms. The van der Waals surface area contributed by atoms with Crippen LogP contribution in [0.1, 0.15) is 39.3 Å². The van der Waals surface area contributed by atoms with E-state index in [4.69, 9.17) is 11.6 Å². The van der Waals surface area contributed by atoms with Gasteiger partial charge in [-0.2, -0.15) is 5.26 Å². The molecule has 0 bridgehead atoms. The Kier molecular flexibility index (Phi) is 6.88. The van der Waals surface area contributed by atoms with Crippen LogP contribution in [0, 0.1) is 22.6 Å². The fourth-order valence-corrected chi connectivity index (χ4v) is 4.36. The molecule has 0 saturated heterocycles. The molecule has 2 aromatic carbocycles. The minimum Gasteiger partial charge on any atom is -0.383 e. The summed E-state index contributed by atoms with van der Waals surface area (Å²) in [5.74, 6) is -0.409. The first-order valence-electron chi connectivity index (χ1n) is 12.8. The number of hydrazine groups is 2. The second-order valence-electron chi connectivity index (χ2n) is 10.3. The van der Waals surface area contributed by atoms with E-state index < -0.39 is 11.8 Å². The van der Waals surface area contributed by atoms with E-state index in [9.17, 15) is 11.0 Å². The Morgan fingerprint density at radius 1 is 1.21 bits per heavy atom. The highest BCUT2D eigenvalue weighted by atomic mass is 35.5. The van der Waals surface area contributed by atoms with Gasteiger partial charge in [0, 0.05) is 36.2 Å². The van der Waals surface area contributed by atoms with Gasteiger partial charge < -0.3 is 16.1 Å². The van der Waals surface area contributed by atoms with E-state index >= 15 is 0 Å². The molecule has 1 aliphatic rings. The van der Waals surface area contributed by atoms with Crippen LogP contribution in [0.4, 0.5) is 21.5 Å². The van der Waals surface area contributed by atoms with Gasteiger partial charge >= 0.3 is 0 Å². The lowest BCUT2D eigenvalue weighted by Crippen LogP contribution is -2.37. The maximum absolute atomic E-state index is 13.9. The van der Waals surface area contributed by atoms with Gasteiger partial charge in [-0.3, -0.25) is 15.0 Å². The highest BCUT2D eigenvalue weighted by molar-refractivity contribution is 6.35. The fraction of sp³-hybridized carbons (Fsp3) is 0.207. The number of hydrogen-bond acceptors (Lipinski definition) is 8. The summed E-state index contributed by atoms with van der Waals surface area (Å²) in [7, 11) is 0. The topological polar surface area (TPSA) is 101 Å². The summed E-state index contributed by atoms with van der Waals surface area (Å²) in [6, 6.07) is 13.5. The Hall–Kier alpha value is -4.39. The van der Waals surface area contributed by atoms with Crippen LogP contribution in [0.3, 0.4) is 0 Å². The van der Waals surface area contributed by atoms with E-state index in [-0.39, 0.29) is 5.41 Å². The molecule has 0 saturated carbocycles. The highest BCUT2D eigenvalue weighted by Gasteiger charge is 2.24. The largest absolute Gasteiger partial charge is 0.383 e. The van der Waals surface area contributed by atoms with E-state index in [1.807, 2.05) is 12.1 Å². The van der Waals surface area contributed by atoms with E-state index in [0.29, 0.717) is 50.7 Å². The van der Waals surface area contributed by atoms with Crippen LogP contribution in [0.15, 0.2) is 79.0 Å². The molecule has 0 fully saturated rings. The lowest BCUT2D eigenvalue weighted by Gasteiger charge is -2.23. The first-order chi connectivity index (χ1) is 19.1. The summed E-state index contributed by atoms with van der Waals surface area (Å²) >= 11 is 6.70. The van der Waals surface area contributed by atoms with Crippen molar-refractivity contribution < 1.29 is 5.76 Å². The quantitative estimate of drug-likeness (QED) is 0.216. The van der Waals surface area contributed by atoms with Gasteiger partial charge in [0.15, 0.2) is 0 Å². The van der Waals surface area contributed by atoms with Crippen molar-refractivity contribution in [2.75, 3.05) is 22.2 Å². The molecule has 2 aromatic heterocycles. The summed E-state index contributed by atoms with van der Waals surface area (Å²) in [4.78, 5) is 8.58. The SMILES string of the molecule is [2H][C@](Nc1cc(Cl)c2ncc(C#N)c(NCC(C)(C)C)c2c1)(C1=CN(c2cccnc2)NN1)c1ccc(F)cc1. The van der Waals surface area contributed by atoms with Crippen LogP contribution < -0.4 is 26.6 Å². The average Bonchev–Trinajstić information content (AvgIpc) is 3.43. The van der Waals surface area contributed by atoms with E-state index in [0.717, 1.165) is 5.69 Å². The molecule has 5 rings (SSSR count). The van der Waals surface area contributed by atoms with Crippen molar-refractivity contribution in [3.05, 3.63) is 101 Å². The third-order valence-corrected chi connectivity index (χ3v) is 6.29. The molecule has 3 heterocycles. The summed E-state index contributed by atoms with van der Waals surface area (Å²) in [6.07, 6.45) is 6.59. The first kappa shape index (κ1) is 24.9. The molecular formula is C29H28ClFN8. The van der Waals surface area contributed by atoms with Gasteiger partial charge in [-0.25, -0.2) is 4.39 Å². The number of nitrogens with zero attached hydrogens (tertiary/aromatic N) is 4. The molecule has 1 atom stereocenters. The number of pyridine rings is 2. The Bertz CT molecular complexity index is 1620. The number of aromatic nitrogens is 2. The van der Waals surface area contributed by atoms with Crippen molar-refractivity contribution >= 4 is 39.6 Å². The molecule has 4 N–H and O–H groups in total. The normalized spacial score (nSPS) is 15.1. The molecule has 1 aliphatic heterocycles. The molecule has 0 unspecified atom stereocenters. The van der Waals surface area contributed by atoms with Gasteiger partial charge in [-0.15, -0.1) is 5.53 Å². The maximum Gasteiger partial charge on any atom is 0.123 e. The number of hydrogen-bond donors (Lipinski definition) is 4. The molecular weight excluding hydrogens is 515 g/mol. The number of halogens is 2. The Balaban J connectivity index is 1.60. The molecule has 0 radical (unpaired) electrons. The molecule has 0 spiro atoms. The second kappa shape index (κ2) is 10.8. The van der Waals surface area contributed by atoms with Crippen molar-refractivity contribution in [1.29, 1.82) is 5.26 Å². The van der Waals surface area contributed by atoms with Crippen molar-refractivity contribution in [3.8, 4) is 6.07 Å². The van der Waals surface area contributed by atoms with Crippen molar-refractivity contribution in [2.45, 2.75) is 26.8 Å². The second-order valence-corrected chi connectivity index (χ2v) is 10.7. The van der Waals surface area contributed by atoms with E-state index in [1.54, 1.807) is 47.9 Å². The number of anilines is 3. The summed E-state index contributed by atoms with van der Waals surface area (Å²) < 4.78 is 23.5. The summed E-state index contributed by atoms with van der Waals surface area (Å²) in [5.41, 5.74) is 9.76. The zero-order chi connectivity index (χ0) is 28.5. The van der Waals surface area contributed by atoms with Gasteiger partial charge in [-0.1, -0.05) is 44.5 Å². The molecule has 198 valence electrons. The first-order valence-corrected chi connectivity index (χ1v) is 12.7. The average molecular weight is 544 g/mol. The Morgan fingerprint density at radius 3 is 2.69 bits per heavy atom. The monoisotopic (exact) mass is 543 g/mol. The number of benzene rings is 2. The zero-order valence-electron chi connectivity index (χ0n) is 22.7. The number of rotatable bonds is 7. The highest BCUT2D eigenvalue weighted by Crippen LogP contribution is 2.36. The van der Waals surface area contributed by atoms with Crippen LogP contribution in [0.25, 0.3) is 10.9 Å². The third-order valence-electron chi connectivity index (χ3n) is 6.01. The number of nitrogens with one attached hydrogen (secondary N) is 4. The summed E-state index contributed by atoms with van der Waals surface area (Å²) in [5, 5.41) is 19.2. The number of nitriles is 1. The van der Waals surface area contributed by atoms with Gasteiger partial charge in [0.1, 0.15) is 11.9 Å².